The summed E-state index contributed by atoms with van der Waals surface area (Å²) < 4.78 is 55.3. The van der Waals surface area contributed by atoms with Gasteiger partial charge in [0.25, 0.3) is 10.0 Å². The number of halogens is 2. The zero-order valence-corrected chi connectivity index (χ0v) is 18.3. The largest absolute Gasteiger partial charge is 0.339 e. The van der Waals surface area contributed by atoms with Crippen LogP contribution in [-0.4, -0.2) is 53.2 Å². The number of carbonyl (C=O) groups excluding carboxylic acids is 1. The highest BCUT2D eigenvalue weighted by atomic mass is 32.2. The third-order valence-corrected chi connectivity index (χ3v) is 7.62. The van der Waals surface area contributed by atoms with Crippen molar-refractivity contribution in [2.75, 3.05) is 20.1 Å². The summed E-state index contributed by atoms with van der Waals surface area (Å²) in [5.74, 6) is -1.76. The van der Waals surface area contributed by atoms with Gasteiger partial charge in [0.05, 0.1) is 6.04 Å². The normalized spacial score (nSPS) is 17.1. The first-order valence-electron chi connectivity index (χ1n) is 9.74. The molecule has 1 unspecified atom stereocenters. The fourth-order valence-electron chi connectivity index (χ4n) is 3.60. The molecule has 1 aliphatic rings. The molecule has 1 atom stereocenters. The zero-order chi connectivity index (χ0) is 22.2. The van der Waals surface area contributed by atoms with Gasteiger partial charge in [-0.3, -0.25) is 4.79 Å². The number of sulfonamides is 1. The van der Waals surface area contributed by atoms with E-state index in [1.54, 1.807) is 32.5 Å². The standard InChI is InChI=1S/C20H26F2N4O3S/c1-13(16-5-6-17(21)18(22)11-16)25(4)20(27)15-7-9-26(10-8-15)30(28,29)19-12-24(3)14(2)23-19/h5-6,11-13,15H,7-10H2,1-4H3. The average Bonchev–Trinajstić information content (AvgIpc) is 3.07. The lowest BCUT2D eigenvalue weighted by molar-refractivity contribution is -0.137. The van der Waals surface area contributed by atoms with Crippen molar-refractivity contribution in [2.45, 2.75) is 37.8 Å². The van der Waals surface area contributed by atoms with Gasteiger partial charge in [0.1, 0.15) is 5.82 Å². The van der Waals surface area contributed by atoms with Gasteiger partial charge >= 0.3 is 0 Å². The maximum absolute atomic E-state index is 13.5. The van der Waals surface area contributed by atoms with Crippen LogP contribution in [0.1, 0.15) is 37.2 Å². The van der Waals surface area contributed by atoms with E-state index < -0.39 is 27.7 Å². The summed E-state index contributed by atoms with van der Waals surface area (Å²) in [6.07, 6.45) is 2.26. The van der Waals surface area contributed by atoms with Gasteiger partial charge in [0.2, 0.25) is 5.91 Å². The van der Waals surface area contributed by atoms with Crippen LogP contribution >= 0.6 is 0 Å². The molecular formula is C20H26F2N4O3S. The lowest BCUT2D eigenvalue weighted by Crippen LogP contribution is -2.44. The number of carbonyl (C=O) groups is 1. The van der Waals surface area contributed by atoms with Gasteiger partial charge in [-0.1, -0.05) is 6.07 Å². The minimum absolute atomic E-state index is 0.0105. The van der Waals surface area contributed by atoms with E-state index in [1.165, 1.54) is 21.5 Å². The number of hydrogen-bond acceptors (Lipinski definition) is 4. The number of piperidine rings is 1. The second kappa shape index (κ2) is 8.43. The highest BCUT2D eigenvalue weighted by Crippen LogP contribution is 2.28. The monoisotopic (exact) mass is 440 g/mol. The Labute approximate surface area is 175 Å². The van der Waals surface area contributed by atoms with Crippen LogP contribution < -0.4 is 0 Å². The minimum Gasteiger partial charge on any atom is -0.339 e. The number of amides is 1. The van der Waals surface area contributed by atoms with Crippen molar-refractivity contribution in [3.63, 3.8) is 0 Å². The van der Waals surface area contributed by atoms with E-state index in [1.807, 2.05) is 0 Å². The first-order chi connectivity index (χ1) is 14.0. The molecule has 3 rings (SSSR count). The SMILES string of the molecule is Cc1nc(S(=O)(=O)N2CCC(C(=O)N(C)C(C)c3ccc(F)c(F)c3)CC2)cn1C. The Morgan fingerprint density at radius 1 is 1.23 bits per heavy atom. The molecule has 0 aliphatic carbocycles. The molecule has 0 spiro atoms. The van der Waals surface area contributed by atoms with Crippen molar-refractivity contribution >= 4 is 15.9 Å². The van der Waals surface area contributed by atoms with Gasteiger partial charge in [0, 0.05) is 39.3 Å². The van der Waals surface area contributed by atoms with Crippen molar-refractivity contribution in [3.05, 3.63) is 47.4 Å². The van der Waals surface area contributed by atoms with Gasteiger partial charge in [-0.15, -0.1) is 0 Å². The Morgan fingerprint density at radius 2 is 1.87 bits per heavy atom. The highest BCUT2D eigenvalue weighted by Gasteiger charge is 2.35. The Balaban J connectivity index is 1.65. The molecule has 0 radical (unpaired) electrons. The molecule has 1 aliphatic heterocycles. The number of nitrogens with zero attached hydrogens (tertiary/aromatic N) is 4. The Hall–Kier alpha value is -2.33. The van der Waals surface area contributed by atoms with E-state index in [4.69, 9.17) is 0 Å². The van der Waals surface area contributed by atoms with Crippen LogP contribution in [0.3, 0.4) is 0 Å². The molecular weight excluding hydrogens is 414 g/mol. The second-order valence-corrected chi connectivity index (χ2v) is 9.60. The number of aromatic nitrogens is 2. The lowest BCUT2D eigenvalue weighted by atomic mass is 9.95. The first-order valence-corrected chi connectivity index (χ1v) is 11.2. The van der Waals surface area contributed by atoms with E-state index in [0.717, 1.165) is 12.1 Å². The highest BCUT2D eigenvalue weighted by molar-refractivity contribution is 7.89. The molecule has 2 aromatic rings. The predicted octanol–water partition coefficient (Wildman–Crippen LogP) is 2.63. The first kappa shape index (κ1) is 22.4. The molecule has 10 heteroatoms. The maximum Gasteiger partial charge on any atom is 0.262 e. The fraction of sp³-hybridized carbons (Fsp3) is 0.500. The smallest absolute Gasteiger partial charge is 0.262 e. The molecule has 1 aromatic heterocycles. The average molecular weight is 441 g/mol. The molecule has 30 heavy (non-hydrogen) atoms. The number of imidazole rings is 1. The summed E-state index contributed by atoms with van der Waals surface area (Å²) in [6.45, 7) is 3.92. The number of hydrogen-bond donors (Lipinski definition) is 0. The zero-order valence-electron chi connectivity index (χ0n) is 17.5. The number of benzene rings is 1. The lowest BCUT2D eigenvalue weighted by Gasteiger charge is -2.34. The van der Waals surface area contributed by atoms with Crippen LogP contribution in [0.2, 0.25) is 0 Å². The van der Waals surface area contributed by atoms with Crippen LogP contribution in [0.25, 0.3) is 0 Å². The predicted molar refractivity (Wildman–Crippen MR) is 107 cm³/mol. The van der Waals surface area contributed by atoms with Crippen LogP contribution in [0.4, 0.5) is 8.78 Å². The molecule has 0 saturated carbocycles. The molecule has 0 N–H and O–H groups in total. The third-order valence-electron chi connectivity index (χ3n) is 5.85. The topological polar surface area (TPSA) is 75.5 Å². The van der Waals surface area contributed by atoms with E-state index in [0.29, 0.717) is 24.2 Å². The third kappa shape index (κ3) is 4.24. The molecule has 1 fully saturated rings. The summed E-state index contributed by atoms with van der Waals surface area (Å²) in [6, 6.07) is 3.15. The second-order valence-electron chi connectivity index (χ2n) is 7.71. The Bertz CT molecular complexity index is 1030. The molecule has 1 aromatic carbocycles. The minimum atomic E-state index is -3.70. The van der Waals surface area contributed by atoms with Crippen LogP contribution in [0.15, 0.2) is 29.4 Å². The summed E-state index contributed by atoms with van der Waals surface area (Å²) in [4.78, 5) is 18.5. The van der Waals surface area contributed by atoms with Crippen molar-refractivity contribution < 1.29 is 22.0 Å². The van der Waals surface area contributed by atoms with Crippen molar-refractivity contribution in [3.8, 4) is 0 Å². The van der Waals surface area contributed by atoms with Crippen molar-refractivity contribution in [1.29, 1.82) is 0 Å². The Morgan fingerprint density at radius 3 is 2.40 bits per heavy atom. The van der Waals surface area contributed by atoms with Gasteiger partial charge in [-0.05, 0) is 44.4 Å². The fourth-order valence-corrected chi connectivity index (χ4v) is 5.10. The van der Waals surface area contributed by atoms with Gasteiger partial charge in [-0.25, -0.2) is 22.2 Å². The summed E-state index contributed by atoms with van der Waals surface area (Å²) in [7, 11) is -0.350. The van der Waals surface area contributed by atoms with E-state index in [-0.39, 0.29) is 29.9 Å². The summed E-state index contributed by atoms with van der Waals surface area (Å²) in [5, 5.41) is 0.0105. The van der Waals surface area contributed by atoms with Gasteiger partial charge < -0.3 is 9.47 Å². The maximum atomic E-state index is 13.5. The van der Waals surface area contributed by atoms with Crippen LogP contribution in [-0.2, 0) is 21.9 Å². The Kier molecular flexibility index (Phi) is 6.28. The van der Waals surface area contributed by atoms with Crippen molar-refractivity contribution in [1.82, 2.24) is 18.8 Å². The van der Waals surface area contributed by atoms with Gasteiger partial charge in [-0.2, -0.15) is 4.31 Å². The molecule has 1 amide bonds. The summed E-state index contributed by atoms with van der Waals surface area (Å²) >= 11 is 0. The van der Waals surface area contributed by atoms with Crippen molar-refractivity contribution in [2.24, 2.45) is 13.0 Å². The number of rotatable bonds is 5. The molecule has 164 valence electrons. The van der Waals surface area contributed by atoms with Crippen LogP contribution in [0.5, 0.6) is 0 Å². The number of aryl methyl sites for hydroxylation is 2. The van der Waals surface area contributed by atoms with Gasteiger partial charge in [0.15, 0.2) is 16.7 Å². The molecule has 7 nitrogen and oxygen atoms in total. The van der Waals surface area contributed by atoms with Crippen LogP contribution in [0, 0.1) is 24.5 Å². The molecule has 1 saturated heterocycles. The quantitative estimate of drug-likeness (QED) is 0.716. The van der Waals surface area contributed by atoms with E-state index in [2.05, 4.69) is 4.98 Å². The van der Waals surface area contributed by atoms with E-state index >= 15 is 0 Å². The molecule has 2 heterocycles. The van der Waals surface area contributed by atoms with E-state index in [9.17, 15) is 22.0 Å². The summed E-state index contributed by atoms with van der Waals surface area (Å²) in [5.41, 5.74) is 0.496. The molecule has 0 bridgehead atoms.